The maximum atomic E-state index is 12.8. The smallest absolute Gasteiger partial charge is 0.393 e. The Morgan fingerprint density at radius 3 is 2.41 bits per heavy atom. The summed E-state index contributed by atoms with van der Waals surface area (Å²) in [6, 6.07) is 10.00. The molecule has 1 amide bonds. The molecule has 0 aliphatic rings. The summed E-state index contributed by atoms with van der Waals surface area (Å²) in [5.41, 5.74) is -2.17. The van der Waals surface area contributed by atoms with Crippen molar-refractivity contribution in [3.8, 4) is 16.9 Å². The topological polar surface area (TPSA) is 106 Å². The molecule has 1 aromatic heterocycles. The van der Waals surface area contributed by atoms with Crippen LogP contribution in [0.2, 0.25) is 0 Å². The molecule has 0 fully saturated rings. The lowest BCUT2D eigenvalue weighted by Crippen LogP contribution is -2.36. The summed E-state index contributed by atoms with van der Waals surface area (Å²) >= 11 is 0. The van der Waals surface area contributed by atoms with Crippen molar-refractivity contribution in [3.63, 3.8) is 0 Å². The van der Waals surface area contributed by atoms with Crippen molar-refractivity contribution in [3.05, 3.63) is 64.0 Å². The number of esters is 1. The van der Waals surface area contributed by atoms with Crippen LogP contribution < -0.4 is 10.9 Å². The molecule has 0 unspecified atom stereocenters. The molecular formula is C24H22F3NO6. The van der Waals surface area contributed by atoms with Crippen LogP contribution in [0.3, 0.4) is 0 Å². The van der Waals surface area contributed by atoms with Crippen molar-refractivity contribution in [2.24, 2.45) is 0 Å². The minimum Gasteiger partial charge on any atom is -0.506 e. The molecule has 10 heteroatoms. The number of rotatable bonds is 5. The van der Waals surface area contributed by atoms with Gasteiger partial charge >= 0.3 is 17.8 Å². The summed E-state index contributed by atoms with van der Waals surface area (Å²) < 4.78 is 48.7. The van der Waals surface area contributed by atoms with Gasteiger partial charge in [-0.3, -0.25) is 9.59 Å². The standard InChI is InChI=1S/C24H22F3NO6/c1-23(2,3)34-17(29)12-28-21(31)18-19(30)16-9-5-8-15(20(16)33-22(18)32)14-7-4-6-13(10-14)11-24(25,26)27/h4-10,30H,11-12H2,1-3H3,(H,28,31). The summed E-state index contributed by atoms with van der Waals surface area (Å²) in [5.74, 6) is -2.47. The van der Waals surface area contributed by atoms with Gasteiger partial charge in [-0.2, -0.15) is 13.2 Å². The van der Waals surface area contributed by atoms with Crippen molar-refractivity contribution < 1.29 is 37.0 Å². The molecule has 0 spiro atoms. The number of ether oxygens (including phenoxy) is 1. The van der Waals surface area contributed by atoms with E-state index in [-0.39, 0.29) is 22.1 Å². The predicted octanol–water partition coefficient (Wildman–Crippen LogP) is 4.34. The first-order valence-electron chi connectivity index (χ1n) is 10.2. The molecule has 0 saturated heterocycles. The Morgan fingerprint density at radius 2 is 1.76 bits per heavy atom. The van der Waals surface area contributed by atoms with E-state index in [2.05, 4.69) is 5.32 Å². The van der Waals surface area contributed by atoms with Gasteiger partial charge in [0, 0.05) is 5.56 Å². The number of carbonyl (C=O) groups is 2. The molecule has 7 nitrogen and oxygen atoms in total. The van der Waals surface area contributed by atoms with Crippen LogP contribution in [0.4, 0.5) is 13.2 Å². The Hall–Kier alpha value is -3.82. The summed E-state index contributed by atoms with van der Waals surface area (Å²) in [5, 5.41) is 12.8. The highest BCUT2D eigenvalue weighted by Crippen LogP contribution is 2.34. The summed E-state index contributed by atoms with van der Waals surface area (Å²) in [6.45, 7) is 4.39. The molecule has 3 rings (SSSR count). The summed E-state index contributed by atoms with van der Waals surface area (Å²) in [7, 11) is 0. The number of benzene rings is 2. The average Bonchev–Trinajstić information content (AvgIpc) is 2.69. The van der Waals surface area contributed by atoms with Crippen LogP contribution in [0, 0.1) is 0 Å². The van der Waals surface area contributed by atoms with Gasteiger partial charge in [-0.05, 0) is 38.0 Å². The van der Waals surface area contributed by atoms with Crippen LogP contribution >= 0.6 is 0 Å². The van der Waals surface area contributed by atoms with E-state index in [0.29, 0.717) is 5.56 Å². The predicted molar refractivity (Wildman–Crippen MR) is 118 cm³/mol. The van der Waals surface area contributed by atoms with Crippen LogP contribution in [0.25, 0.3) is 22.1 Å². The molecule has 0 radical (unpaired) electrons. The van der Waals surface area contributed by atoms with Gasteiger partial charge in [0.05, 0.1) is 11.8 Å². The van der Waals surface area contributed by atoms with Gasteiger partial charge in [0.2, 0.25) is 0 Å². The monoisotopic (exact) mass is 477 g/mol. The lowest BCUT2D eigenvalue weighted by atomic mass is 9.99. The number of nitrogens with one attached hydrogen (secondary N) is 1. The molecule has 0 bridgehead atoms. The van der Waals surface area contributed by atoms with E-state index in [0.717, 1.165) is 0 Å². The van der Waals surface area contributed by atoms with Gasteiger partial charge in [-0.25, -0.2) is 4.79 Å². The molecule has 180 valence electrons. The number of para-hydroxylation sites is 1. The Morgan fingerprint density at radius 1 is 1.09 bits per heavy atom. The first-order chi connectivity index (χ1) is 15.7. The van der Waals surface area contributed by atoms with Crippen molar-refractivity contribution >= 4 is 22.8 Å². The Bertz CT molecular complexity index is 1300. The molecule has 2 aromatic carbocycles. The second-order valence-corrected chi connectivity index (χ2v) is 8.56. The molecule has 0 saturated carbocycles. The third kappa shape index (κ3) is 5.94. The van der Waals surface area contributed by atoms with Gasteiger partial charge in [0.15, 0.2) is 5.56 Å². The fourth-order valence-corrected chi connectivity index (χ4v) is 3.33. The van der Waals surface area contributed by atoms with Crippen molar-refractivity contribution in [1.29, 1.82) is 0 Å². The van der Waals surface area contributed by atoms with Crippen molar-refractivity contribution in [2.75, 3.05) is 6.54 Å². The van der Waals surface area contributed by atoms with Crippen LogP contribution in [0.15, 0.2) is 51.7 Å². The zero-order valence-electron chi connectivity index (χ0n) is 18.6. The van der Waals surface area contributed by atoms with Crippen molar-refractivity contribution in [1.82, 2.24) is 5.32 Å². The molecular weight excluding hydrogens is 455 g/mol. The van der Waals surface area contributed by atoms with Gasteiger partial charge in [-0.1, -0.05) is 36.4 Å². The normalized spacial score (nSPS) is 11.9. The van der Waals surface area contributed by atoms with E-state index in [1.165, 1.54) is 42.5 Å². The van der Waals surface area contributed by atoms with E-state index in [9.17, 15) is 32.7 Å². The molecule has 1 heterocycles. The molecule has 0 aliphatic carbocycles. The SMILES string of the molecule is CC(C)(C)OC(=O)CNC(=O)c1c(O)c2cccc(-c3cccc(CC(F)(F)F)c3)c2oc1=O. The highest BCUT2D eigenvalue weighted by Gasteiger charge is 2.28. The second kappa shape index (κ2) is 9.20. The van der Waals surface area contributed by atoms with Crippen LogP contribution in [-0.4, -0.2) is 35.3 Å². The minimum atomic E-state index is -4.40. The van der Waals surface area contributed by atoms with Gasteiger partial charge < -0.3 is 19.6 Å². The van der Waals surface area contributed by atoms with Gasteiger partial charge in [0.25, 0.3) is 5.91 Å². The van der Waals surface area contributed by atoms with E-state index in [1.807, 2.05) is 0 Å². The van der Waals surface area contributed by atoms with E-state index < -0.39 is 53.6 Å². The summed E-state index contributed by atoms with van der Waals surface area (Å²) in [4.78, 5) is 36.9. The number of amides is 1. The number of hydrogen-bond acceptors (Lipinski definition) is 6. The first-order valence-corrected chi connectivity index (χ1v) is 10.2. The molecule has 0 atom stereocenters. The fourth-order valence-electron chi connectivity index (χ4n) is 3.33. The maximum Gasteiger partial charge on any atom is 0.393 e. The zero-order valence-corrected chi connectivity index (χ0v) is 18.6. The number of halogens is 3. The van der Waals surface area contributed by atoms with Crippen molar-refractivity contribution in [2.45, 2.75) is 39.0 Å². The Labute approximate surface area is 192 Å². The highest BCUT2D eigenvalue weighted by molar-refractivity contribution is 6.04. The lowest BCUT2D eigenvalue weighted by Gasteiger charge is -2.19. The third-order valence-electron chi connectivity index (χ3n) is 4.59. The first kappa shape index (κ1) is 24.8. The Balaban J connectivity index is 1.97. The minimum absolute atomic E-state index is 0.000688. The number of hydrogen-bond donors (Lipinski definition) is 2. The number of carbonyl (C=O) groups excluding carboxylic acids is 2. The van der Waals surface area contributed by atoms with Crippen LogP contribution in [-0.2, 0) is 16.0 Å². The summed E-state index contributed by atoms with van der Waals surface area (Å²) in [6.07, 6.45) is -5.54. The largest absolute Gasteiger partial charge is 0.506 e. The zero-order chi connectivity index (χ0) is 25.3. The fraction of sp³-hybridized carbons (Fsp3) is 0.292. The van der Waals surface area contributed by atoms with E-state index >= 15 is 0 Å². The van der Waals surface area contributed by atoms with Crippen LogP contribution in [0.1, 0.15) is 36.7 Å². The van der Waals surface area contributed by atoms with E-state index in [1.54, 1.807) is 20.8 Å². The maximum absolute atomic E-state index is 12.8. The quantitative estimate of drug-likeness (QED) is 0.418. The molecule has 2 N–H and O–H groups in total. The second-order valence-electron chi connectivity index (χ2n) is 8.56. The molecule has 0 aliphatic heterocycles. The number of aromatic hydroxyl groups is 1. The Kier molecular flexibility index (Phi) is 6.72. The number of fused-ring (bicyclic) bond motifs is 1. The lowest BCUT2D eigenvalue weighted by molar-refractivity contribution is -0.153. The van der Waals surface area contributed by atoms with Gasteiger partial charge in [0.1, 0.15) is 23.5 Å². The van der Waals surface area contributed by atoms with Crippen LogP contribution in [0.5, 0.6) is 5.75 Å². The molecule has 3 aromatic rings. The third-order valence-corrected chi connectivity index (χ3v) is 4.59. The molecule has 34 heavy (non-hydrogen) atoms. The number of alkyl halides is 3. The van der Waals surface area contributed by atoms with Gasteiger partial charge in [-0.15, -0.1) is 0 Å². The average molecular weight is 477 g/mol. The van der Waals surface area contributed by atoms with E-state index in [4.69, 9.17) is 9.15 Å². The highest BCUT2D eigenvalue weighted by atomic mass is 19.4.